The van der Waals surface area contributed by atoms with Crippen molar-refractivity contribution in [2.75, 3.05) is 27.1 Å². The molecule has 0 spiro atoms. The highest BCUT2D eigenvalue weighted by Crippen LogP contribution is 2.33. The van der Waals surface area contributed by atoms with Crippen molar-refractivity contribution in [3.63, 3.8) is 0 Å². The van der Waals surface area contributed by atoms with Gasteiger partial charge in [0.25, 0.3) is 0 Å². The lowest BCUT2D eigenvalue weighted by molar-refractivity contribution is 0.149. The molecule has 10 heteroatoms. The van der Waals surface area contributed by atoms with Crippen LogP contribution in [0.4, 0.5) is 0 Å². The molecule has 0 radical (unpaired) electrons. The molecule has 0 aliphatic heterocycles. The molecule has 0 saturated carbocycles. The largest absolute Gasteiger partial charge is 0.367 e. The van der Waals surface area contributed by atoms with Crippen LogP contribution in [-0.2, 0) is 15.8 Å². The summed E-state index contributed by atoms with van der Waals surface area (Å²) in [6, 6.07) is 0.0970. The molecule has 2 aromatic heterocycles. The Morgan fingerprint density at radius 1 is 1.36 bits per heavy atom. The van der Waals surface area contributed by atoms with Crippen LogP contribution < -0.4 is 0 Å². The second-order valence-corrected chi connectivity index (χ2v) is 6.80. The maximum atomic E-state index is 10.7. The third-order valence-electron chi connectivity index (χ3n) is 3.34. The van der Waals surface area contributed by atoms with Crippen molar-refractivity contribution in [3.05, 3.63) is 18.3 Å². The van der Waals surface area contributed by atoms with Crippen molar-refractivity contribution in [1.29, 1.82) is 0 Å². The van der Waals surface area contributed by atoms with E-state index in [1.165, 1.54) is 6.33 Å². The van der Waals surface area contributed by atoms with Gasteiger partial charge in [-0.05, 0) is 21.0 Å². The first-order valence-corrected chi connectivity index (χ1v) is 8.54. The molecule has 0 aromatic carbocycles. The summed E-state index contributed by atoms with van der Waals surface area (Å²) in [6.45, 7) is 2.60. The van der Waals surface area contributed by atoms with E-state index in [2.05, 4.69) is 15.0 Å². The van der Waals surface area contributed by atoms with Crippen molar-refractivity contribution >= 4 is 18.8 Å². The first-order valence-electron chi connectivity index (χ1n) is 6.74. The van der Waals surface area contributed by atoms with Gasteiger partial charge in [0.2, 0.25) is 0 Å². The molecule has 0 saturated heterocycles. The second-order valence-electron chi connectivity index (χ2n) is 5.21. The Morgan fingerprint density at radius 3 is 2.73 bits per heavy atom. The maximum absolute atomic E-state index is 10.7. The summed E-state index contributed by atoms with van der Waals surface area (Å²) in [5.41, 5.74) is 2.24. The van der Waals surface area contributed by atoms with E-state index in [-0.39, 0.29) is 12.6 Å². The Kier molecular flexibility index (Phi) is 5.25. The molecule has 0 aliphatic carbocycles. The van der Waals surface area contributed by atoms with E-state index >= 15 is 0 Å². The first kappa shape index (κ1) is 17.0. The van der Waals surface area contributed by atoms with Gasteiger partial charge >= 0.3 is 7.60 Å². The molecule has 1 atom stereocenters. The summed E-state index contributed by atoms with van der Waals surface area (Å²) >= 11 is 0. The average Bonchev–Trinajstić information content (AvgIpc) is 2.85. The minimum Gasteiger partial charge on any atom is -0.367 e. The number of aromatic nitrogens is 4. The van der Waals surface area contributed by atoms with Gasteiger partial charge < -0.3 is 24.0 Å². The predicted octanol–water partition coefficient (Wildman–Crippen LogP) is 0.601. The van der Waals surface area contributed by atoms with Crippen LogP contribution in [0.1, 0.15) is 18.7 Å². The fourth-order valence-electron chi connectivity index (χ4n) is 1.96. The van der Waals surface area contributed by atoms with Gasteiger partial charge in [-0.1, -0.05) is 0 Å². The number of hydrogen-bond donors (Lipinski definition) is 2. The van der Waals surface area contributed by atoms with E-state index < -0.39 is 13.9 Å². The van der Waals surface area contributed by atoms with Gasteiger partial charge in [0, 0.05) is 6.54 Å². The number of fused-ring (bicyclic) bond motifs is 1. The molecule has 122 valence electrons. The van der Waals surface area contributed by atoms with E-state index in [4.69, 9.17) is 14.5 Å². The van der Waals surface area contributed by atoms with Crippen LogP contribution in [0.15, 0.2) is 12.7 Å². The summed E-state index contributed by atoms with van der Waals surface area (Å²) in [4.78, 5) is 32.4. The third kappa shape index (κ3) is 4.08. The van der Waals surface area contributed by atoms with Crippen molar-refractivity contribution in [3.8, 4) is 0 Å². The molecule has 0 fully saturated rings. The Morgan fingerprint density at radius 2 is 2.09 bits per heavy atom. The van der Waals surface area contributed by atoms with Gasteiger partial charge in [0.1, 0.15) is 18.2 Å². The minimum atomic E-state index is -4.13. The molecule has 1 unspecified atom stereocenters. The maximum Gasteiger partial charge on any atom is 0.350 e. The zero-order valence-electron chi connectivity index (χ0n) is 12.7. The summed E-state index contributed by atoms with van der Waals surface area (Å²) in [5, 5.41) is 0. The quantitative estimate of drug-likeness (QED) is 0.561. The van der Waals surface area contributed by atoms with Crippen molar-refractivity contribution in [2.45, 2.75) is 19.5 Å². The van der Waals surface area contributed by atoms with E-state index in [1.54, 1.807) is 10.9 Å². The zero-order chi connectivity index (χ0) is 16.3. The highest BCUT2D eigenvalue weighted by atomic mass is 31.2. The number of ether oxygens (including phenoxy) is 1. The lowest BCUT2D eigenvalue weighted by Gasteiger charge is -2.18. The van der Waals surface area contributed by atoms with Gasteiger partial charge in [0.15, 0.2) is 5.65 Å². The van der Waals surface area contributed by atoms with Crippen LogP contribution in [-0.4, -0.2) is 61.3 Å². The Hall–Kier alpha value is -1.38. The van der Waals surface area contributed by atoms with E-state index in [1.807, 2.05) is 25.9 Å². The molecule has 22 heavy (non-hydrogen) atoms. The molecule has 0 aliphatic rings. The summed E-state index contributed by atoms with van der Waals surface area (Å²) in [5.74, 6) is 0. The average molecular weight is 329 g/mol. The number of rotatable bonds is 7. The fourth-order valence-corrected chi connectivity index (χ4v) is 2.33. The normalized spacial score (nSPS) is 13.9. The van der Waals surface area contributed by atoms with Crippen LogP contribution >= 0.6 is 7.60 Å². The van der Waals surface area contributed by atoms with Gasteiger partial charge in [-0.2, -0.15) is 0 Å². The Balaban J connectivity index is 2.13. The summed E-state index contributed by atoms with van der Waals surface area (Å²) in [7, 11) is -0.203. The SMILES string of the molecule is CC(c1ncnc2c1ncn2CCOCP(=O)(O)O)N(C)C. The highest BCUT2D eigenvalue weighted by molar-refractivity contribution is 7.51. The van der Waals surface area contributed by atoms with E-state index in [0.29, 0.717) is 12.2 Å². The molecular weight excluding hydrogens is 309 g/mol. The van der Waals surface area contributed by atoms with Crippen LogP contribution in [0.3, 0.4) is 0 Å². The van der Waals surface area contributed by atoms with Crippen molar-refractivity contribution < 1.29 is 19.1 Å². The molecular formula is C12H20N5O4P. The zero-order valence-corrected chi connectivity index (χ0v) is 13.6. The molecule has 2 rings (SSSR count). The van der Waals surface area contributed by atoms with Crippen LogP contribution in [0.25, 0.3) is 11.2 Å². The van der Waals surface area contributed by atoms with Crippen molar-refractivity contribution in [2.24, 2.45) is 0 Å². The smallest absolute Gasteiger partial charge is 0.350 e. The van der Waals surface area contributed by atoms with Crippen LogP contribution in [0.5, 0.6) is 0 Å². The summed E-state index contributed by atoms with van der Waals surface area (Å²) in [6.07, 6.45) is 2.54. The third-order valence-corrected chi connectivity index (χ3v) is 3.85. The molecule has 2 N–H and O–H groups in total. The molecule has 2 aromatic rings. The van der Waals surface area contributed by atoms with Crippen molar-refractivity contribution in [1.82, 2.24) is 24.4 Å². The molecule has 9 nitrogen and oxygen atoms in total. The first-order chi connectivity index (χ1) is 10.3. The van der Waals surface area contributed by atoms with Gasteiger partial charge in [-0.25, -0.2) is 15.0 Å². The highest BCUT2D eigenvalue weighted by Gasteiger charge is 2.17. The summed E-state index contributed by atoms with van der Waals surface area (Å²) < 4.78 is 17.5. The monoisotopic (exact) mass is 329 g/mol. The van der Waals surface area contributed by atoms with Gasteiger partial charge in [-0.15, -0.1) is 0 Å². The standard InChI is InChI=1S/C12H20N5O4P/c1-9(16(2)3)10-11-12(14-6-13-10)17(7-15-11)4-5-21-8-22(18,19)20/h6-7,9H,4-5,8H2,1-3H3,(H2,18,19,20). The number of hydrogen-bond acceptors (Lipinski definition) is 6. The van der Waals surface area contributed by atoms with Crippen LogP contribution in [0.2, 0.25) is 0 Å². The van der Waals surface area contributed by atoms with E-state index in [9.17, 15) is 4.57 Å². The van der Waals surface area contributed by atoms with Crippen LogP contribution in [0, 0.1) is 0 Å². The molecule has 2 heterocycles. The minimum absolute atomic E-state index is 0.0970. The fraction of sp³-hybridized carbons (Fsp3) is 0.583. The molecule has 0 amide bonds. The molecule has 0 bridgehead atoms. The van der Waals surface area contributed by atoms with Gasteiger partial charge in [-0.3, -0.25) is 4.57 Å². The predicted molar refractivity (Wildman–Crippen MR) is 80.3 cm³/mol. The number of nitrogens with zero attached hydrogens (tertiary/aromatic N) is 5. The lowest BCUT2D eigenvalue weighted by atomic mass is 10.2. The number of imidazole rings is 1. The Labute approximate surface area is 128 Å². The van der Waals surface area contributed by atoms with E-state index in [0.717, 1.165) is 11.2 Å². The van der Waals surface area contributed by atoms with Gasteiger partial charge in [0.05, 0.1) is 24.7 Å². The second kappa shape index (κ2) is 6.80. The topological polar surface area (TPSA) is 114 Å². The Bertz CT molecular complexity index is 683. The lowest BCUT2D eigenvalue weighted by Crippen LogP contribution is -2.18.